The van der Waals surface area contributed by atoms with Crippen LogP contribution in [0.15, 0.2) is 42.5 Å². The first-order valence-electron chi connectivity index (χ1n) is 12.5. The molecular formula is C28H32N4O5. The number of fused-ring (bicyclic) bond motifs is 2. The number of hydrogen-bond donors (Lipinski definition) is 2. The molecule has 0 unspecified atom stereocenters. The van der Waals surface area contributed by atoms with Crippen molar-refractivity contribution in [1.82, 2.24) is 20.1 Å². The largest absolute Gasteiger partial charge is 0.443 e. The number of nitrogens with one attached hydrogen (secondary N) is 2. The highest BCUT2D eigenvalue weighted by Gasteiger charge is 2.25. The molecule has 0 radical (unpaired) electrons. The lowest BCUT2D eigenvalue weighted by Gasteiger charge is -2.20. The Kier molecular flexibility index (Phi) is 6.74. The summed E-state index contributed by atoms with van der Waals surface area (Å²) < 4.78 is 18.4. The van der Waals surface area contributed by atoms with Gasteiger partial charge in [0, 0.05) is 23.4 Å². The van der Waals surface area contributed by atoms with E-state index in [0.717, 1.165) is 35.6 Å². The Morgan fingerprint density at radius 3 is 2.65 bits per heavy atom. The smallest absolute Gasteiger partial charge is 0.419 e. The van der Waals surface area contributed by atoms with Gasteiger partial charge in [-0.3, -0.25) is 9.89 Å². The highest BCUT2D eigenvalue weighted by Crippen LogP contribution is 2.33. The van der Waals surface area contributed by atoms with Gasteiger partial charge in [-0.1, -0.05) is 6.07 Å². The number of hydrogen-bond acceptors (Lipinski definition) is 6. The molecule has 0 bridgehead atoms. The summed E-state index contributed by atoms with van der Waals surface area (Å²) in [5, 5.41) is 11.9. The normalized spacial score (nSPS) is 14.5. The third-order valence-corrected chi connectivity index (χ3v) is 6.33. The highest BCUT2D eigenvalue weighted by atomic mass is 16.7. The molecule has 5 rings (SSSR count). The van der Waals surface area contributed by atoms with Crippen molar-refractivity contribution in [3.05, 3.63) is 53.6 Å². The molecule has 1 amide bonds. The van der Waals surface area contributed by atoms with Gasteiger partial charge in [-0.15, -0.1) is 0 Å². The van der Waals surface area contributed by atoms with Crippen LogP contribution < -0.4 is 5.32 Å². The average molecular weight is 505 g/mol. The van der Waals surface area contributed by atoms with Crippen molar-refractivity contribution >= 4 is 33.8 Å². The first kappa shape index (κ1) is 25.0. The lowest BCUT2D eigenvalue weighted by atomic mass is 10.1. The molecule has 1 aliphatic rings. The van der Waals surface area contributed by atoms with Gasteiger partial charge in [-0.25, -0.2) is 9.36 Å². The molecule has 1 fully saturated rings. The number of carbonyl (C=O) groups is 2. The van der Waals surface area contributed by atoms with Gasteiger partial charge in [0.1, 0.15) is 11.3 Å². The van der Waals surface area contributed by atoms with Crippen LogP contribution in [0.25, 0.3) is 33.2 Å². The van der Waals surface area contributed by atoms with Crippen LogP contribution in [0.1, 0.15) is 49.5 Å². The molecule has 9 heteroatoms. The molecule has 0 atom stereocenters. The SMILES string of the molecule is CNC(=O)c1ccc2c(-c3cc4cc(CCCC5OCCO5)ccc4n3C(=O)OC(C)(C)C)n[nH]c2c1. The van der Waals surface area contributed by atoms with Gasteiger partial charge in [0.15, 0.2) is 6.29 Å². The van der Waals surface area contributed by atoms with Gasteiger partial charge in [0.25, 0.3) is 5.91 Å². The van der Waals surface area contributed by atoms with E-state index < -0.39 is 11.7 Å². The number of nitrogens with zero attached hydrogens (tertiary/aromatic N) is 2. The Labute approximate surface area is 215 Å². The summed E-state index contributed by atoms with van der Waals surface area (Å²) >= 11 is 0. The van der Waals surface area contributed by atoms with Crippen molar-refractivity contribution in [2.75, 3.05) is 20.3 Å². The summed E-state index contributed by atoms with van der Waals surface area (Å²) in [7, 11) is 1.59. The minimum Gasteiger partial charge on any atom is -0.443 e. The third-order valence-electron chi connectivity index (χ3n) is 6.33. The van der Waals surface area contributed by atoms with Crippen molar-refractivity contribution in [2.24, 2.45) is 0 Å². The van der Waals surface area contributed by atoms with Gasteiger partial charge in [-0.05, 0) is 82.0 Å². The zero-order valence-corrected chi connectivity index (χ0v) is 21.6. The Bertz CT molecular complexity index is 1460. The quantitative estimate of drug-likeness (QED) is 0.382. The van der Waals surface area contributed by atoms with E-state index in [1.165, 1.54) is 5.56 Å². The number of aryl methyl sites for hydroxylation is 1. The predicted octanol–water partition coefficient (Wildman–Crippen LogP) is 5.02. The molecule has 2 aromatic carbocycles. The van der Waals surface area contributed by atoms with E-state index in [-0.39, 0.29) is 12.2 Å². The second-order valence-corrected chi connectivity index (χ2v) is 10.2. The van der Waals surface area contributed by atoms with E-state index in [0.29, 0.717) is 35.7 Å². The lowest BCUT2D eigenvalue weighted by Crippen LogP contribution is -2.27. The van der Waals surface area contributed by atoms with Crippen molar-refractivity contribution in [3.8, 4) is 11.4 Å². The molecule has 9 nitrogen and oxygen atoms in total. The van der Waals surface area contributed by atoms with Crippen molar-refractivity contribution in [3.63, 3.8) is 0 Å². The summed E-state index contributed by atoms with van der Waals surface area (Å²) in [6.45, 7) is 6.85. The summed E-state index contributed by atoms with van der Waals surface area (Å²) in [4.78, 5) is 25.5. The van der Waals surface area contributed by atoms with Gasteiger partial charge >= 0.3 is 6.09 Å². The van der Waals surface area contributed by atoms with E-state index in [2.05, 4.69) is 21.6 Å². The third kappa shape index (κ3) is 5.23. The predicted molar refractivity (Wildman–Crippen MR) is 141 cm³/mol. The van der Waals surface area contributed by atoms with Crippen LogP contribution in [0.2, 0.25) is 0 Å². The number of ether oxygens (including phenoxy) is 3. The molecule has 1 aliphatic heterocycles. The molecule has 194 valence electrons. The average Bonchev–Trinajstić information content (AvgIpc) is 3.59. The van der Waals surface area contributed by atoms with Crippen LogP contribution in [0.3, 0.4) is 0 Å². The maximum absolute atomic E-state index is 13.4. The van der Waals surface area contributed by atoms with Gasteiger partial charge < -0.3 is 19.5 Å². The van der Waals surface area contributed by atoms with Crippen LogP contribution in [0.4, 0.5) is 4.79 Å². The fraction of sp³-hybridized carbons (Fsp3) is 0.393. The highest BCUT2D eigenvalue weighted by molar-refractivity contribution is 6.03. The standard InChI is InChI=1S/C28H32N4O5/c1-28(2,3)37-27(34)32-22-11-8-17(6-5-7-24-35-12-13-36-24)14-19(22)16-23(32)25-20-10-9-18(26(33)29-4)15-21(20)30-31-25/h8-11,14-16,24H,5-7,12-13H2,1-4H3,(H,29,33)(H,30,31). The van der Waals surface area contributed by atoms with E-state index in [4.69, 9.17) is 14.2 Å². The molecule has 2 aromatic heterocycles. The monoisotopic (exact) mass is 504 g/mol. The zero-order valence-electron chi connectivity index (χ0n) is 21.6. The summed E-state index contributed by atoms with van der Waals surface area (Å²) in [5.41, 5.74) is 3.70. The number of aromatic amines is 1. The summed E-state index contributed by atoms with van der Waals surface area (Å²) in [6.07, 6.45) is 2.08. The minimum absolute atomic E-state index is 0.111. The molecule has 4 aromatic rings. The first-order valence-corrected chi connectivity index (χ1v) is 12.5. The maximum atomic E-state index is 13.4. The second kappa shape index (κ2) is 9.99. The second-order valence-electron chi connectivity index (χ2n) is 10.2. The fourth-order valence-electron chi connectivity index (χ4n) is 4.65. The first-order chi connectivity index (χ1) is 17.7. The molecule has 2 N–H and O–H groups in total. The Morgan fingerprint density at radius 2 is 1.92 bits per heavy atom. The molecule has 0 aliphatic carbocycles. The zero-order chi connectivity index (χ0) is 26.2. The molecule has 1 saturated heterocycles. The molecule has 3 heterocycles. The Morgan fingerprint density at radius 1 is 1.14 bits per heavy atom. The van der Waals surface area contributed by atoms with E-state index in [1.54, 1.807) is 23.7 Å². The molecule has 37 heavy (non-hydrogen) atoms. The molecule has 0 saturated carbocycles. The number of rotatable bonds is 6. The van der Waals surface area contributed by atoms with Crippen LogP contribution in [0.5, 0.6) is 0 Å². The van der Waals surface area contributed by atoms with Crippen LogP contribution in [-0.4, -0.2) is 58.9 Å². The van der Waals surface area contributed by atoms with Crippen molar-refractivity contribution in [2.45, 2.75) is 51.9 Å². The number of H-pyrrole nitrogens is 1. The van der Waals surface area contributed by atoms with Crippen LogP contribution in [-0.2, 0) is 20.6 Å². The van der Waals surface area contributed by atoms with E-state index in [9.17, 15) is 9.59 Å². The summed E-state index contributed by atoms with van der Waals surface area (Å²) in [6, 6.07) is 13.4. The van der Waals surface area contributed by atoms with E-state index >= 15 is 0 Å². The number of aromatic nitrogens is 3. The van der Waals surface area contributed by atoms with Gasteiger partial charge in [-0.2, -0.15) is 5.10 Å². The Balaban J connectivity index is 1.53. The number of benzene rings is 2. The number of amides is 1. The van der Waals surface area contributed by atoms with E-state index in [1.807, 2.05) is 45.0 Å². The lowest BCUT2D eigenvalue weighted by molar-refractivity contribution is -0.0475. The van der Waals surface area contributed by atoms with Crippen LogP contribution >= 0.6 is 0 Å². The minimum atomic E-state index is -0.661. The Hall–Kier alpha value is -3.69. The van der Waals surface area contributed by atoms with Gasteiger partial charge in [0.05, 0.1) is 29.9 Å². The topological polar surface area (TPSA) is 107 Å². The fourth-order valence-corrected chi connectivity index (χ4v) is 4.65. The van der Waals surface area contributed by atoms with Crippen molar-refractivity contribution < 1.29 is 23.8 Å². The maximum Gasteiger partial charge on any atom is 0.419 e. The van der Waals surface area contributed by atoms with Crippen LogP contribution in [0, 0.1) is 0 Å². The number of carbonyl (C=O) groups excluding carboxylic acids is 2. The molecular weight excluding hydrogens is 472 g/mol. The van der Waals surface area contributed by atoms with Gasteiger partial charge in [0.2, 0.25) is 0 Å². The molecule has 0 spiro atoms. The summed E-state index contributed by atoms with van der Waals surface area (Å²) in [5.74, 6) is -0.181. The van der Waals surface area contributed by atoms with Crippen molar-refractivity contribution in [1.29, 1.82) is 0 Å².